The summed E-state index contributed by atoms with van der Waals surface area (Å²) in [5, 5.41) is 39.6. The van der Waals surface area contributed by atoms with Gasteiger partial charge in [-0.3, -0.25) is 9.59 Å². The maximum absolute atomic E-state index is 13.9. The molecule has 15 heteroatoms. The number of nitrogens with one attached hydrogen (secondary N) is 1. The van der Waals surface area contributed by atoms with Gasteiger partial charge < -0.3 is 53.8 Å². The van der Waals surface area contributed by atoms with Crippen molar-refractivity contribution in [1.82, 2.24) is 5.32 Å². The van der Waals surface area contributed by atoms with Crippen LogP contribution in [0.15, 0.2) is 23.8 Å². The Morgan fingerprint density at radius 1 is 1.09 bits per heavy atom. The summed E-state index contributed by atoms with van der Waals surface area (Å²) in [5.74, 6) is -3.50. The first-order chi connectivity index (χ1) is 25.3. The Balaban J connectivity index is 1.93. The maximum Gasteiger partial charge on any atom is 0.407 e. The van der Waals surface area contributed by atoms with Crippen molar-refractivity contribution in [2.24, 2.45) is 22.7 Å². The molecule has 55 heavy (non-hydrogen) atoms. The van der Waals surface area contributed by atoms with Gasteiger partial charge in [0.15, 0.2) is 17.8 Å². The zero-order valence-corrected chi connectivity index (χ0v) is 34.4. The van der Waals surface area contributed by atoms with Crippen LogP contribution >= 0.6 is 0 Å². The maximum atomic E-state index is 13.9. The number of rotatable bonds is 13. The van der Waals surface area contributed by atoms with Gasteiger partial charge in [0, 0.05) is 45.1 Å². The molecule has 12 atom stereocenters. The largest absolute Gasteiger partial charge is 0.456 e. The minimum atomic E-state index is -1.83. The molecule has 0 aromatic heterocycles. The van der Waals surface area contributed by atoms with Gasteiger partial charge in [-0.15, -0.1) is 6.58 Å². The summed E-state index contributed by atoms with van der Waals surface area (Å²) >= 11 is 0. The van der Waals surface area contributed by atoms with Crippen LogP contribution in [0.1, 0.15) is 95.4 Å². The molecule has 1 unspecified atom stereocenters. The Hall–Kier alpha value is -3.08. The van der Waals surface area contributed by atoms with Crippen LogP contribution in [0.5, 0.6) is 0 Å². The molecule has 4 N–H and O–H groups in total. The van der Waals surface area contributed by atoms with Gasteiger partial charge in [0.25, 0.3) is 0 Å². The van der Waals surface area contributed by atoms with Crippen LogP contribution in [0.3, 0.4) is 0 Å². The second-order valence-corrected chi connectivity index (χ2v) is 17.8. The number of methoxy groups -OCH3 is 1. The molecule has 0 spiro atoms. The highest BCUT2D eigenvalue weighted by molar-refractivity contribution is 5.77. The molecule has 3 fully saturated rings. The number of aliphatic hydroxyl groups is 3. The lowest BCUT2D eigenvalue weighted by Crippen LogP contribution is -2.78. The smallest absolute Gasteiger partial charge is 0.407 e. The second kappa shape index (κ2) is 16.0. The van der Waals surface area contributed by atoms with Crippen molar-refractivity contribution in [1.29, 1.82) is 0 Å². The number of fused-ring (bicyclic) bond motifs is 4. The Labute approximate surface area is 324 Å². The summed E-state index contributed by atoms with van der Waals surface area (Å²) in [4.78, 5) is 52.6. The van der Waals surface area contributed by atoms with Crippen molar-refractivity contribution in [3.05, 3.63) is 23.8 Å². The average Bonchev–Trinajstić information content (AvgIpc) is 3.30. The predicted molar refractivity (Wildman–Crippen MR) is 197 cm³/mol. The van der Waals surface area contributed by atoms with Crippen LogP contribution in [-0.2, 0) is 47.5 Å². The zero-order valence-electron chi connectivity index (χ0n) is 34.4. The fourth-order valence-electron chi connectivity index (χ4n) is 9.86. The number of hydrogen-bond acceptors (Lipinski definition) is 14. The van der Waals surface area contributed by atoms with E-state index in [4.69, 9.17) is 33.2 Å². The normalized spacial score (nSPS) is 35.5. The Bertz CT molecular complexity index is 1510. The molecule has 1 saturated heterocycles. The first-order valence-corrected chi connectivity index (χ1v) is 19.1. The van der Waals surface area contributed by atoms with E-state index in [1.54, 1.807) is 27.7 Å². The van der Waals surface area contributed by atoms with E-state index in [1.807, 2.05) is 20.8 Å². The van der Waals surface area contributed by atoms with Crippen LogP contribution in [-0.4, -0.2) is 125 Å². The quantitative estimate of drug-likeness (QED) is 0.120. The number of carbonyl (C=O) groups is 4. The molecule has 2 saturated carbocycles. The summed E-state index contributed by atoms with van der Waals surface area (Å²) in [6.07, 6.45) is -7.49. The van der Waals surface area contributed by atoms with Gasteiger partial charge in [0.05, 0.1) is 42.5 Å². The molecule has 1 aliphatic heterocycles. The molecule has 15 nitrogen and oxygen atoms in total. The zero-order chi connectivity index (χ0) is 41.6. The fraction of sp³-hybridized carbons (Fsp3) is 0.800. The number of hydrogen-bond donors (Lipinski definition) is 4. The molecule has 3 aliphatic carbocycles. The van der Waals surface area contributed by atoms with Crippen LogP contribution < -0.4 is 5.32 Å². The summed E-state index contributed by atoms with van der Waals surface area (Å²) < 4.78 is 42.4. The summed E-state index contributed by atoms with van der Waals surface area (Å²) in [6, 6.07) is -1.09. The van der Waals surface area contributed by atoms with Gasteiger partial charge in [-0.1, -0.05) is 26.8 Å². The summed E-state index contributed by atoms with van der Waals surface area (Å²) in [6.45, 7) is 21.5. The monoisotopic (exact) mass is 781 g/mol. The lowest BCUT2D eigenvalue weighted by atomic mass is 9.49. The lowest BCUT2D eigenvalue weighted by molar-refractivity contribution is -0.355. The molecule has 1 heterocycles. The van der Waals surface area contributed by atoms with Crippen LogP contribution in [0, 0.1) is 22.7 Å². The SMILES string of the molecule is C=CCO[C@H]1[C@@H](OC(C)=O)C2=C(C)[C@@H](OC(=O)[C@H](O)C(CC(C)C)NC(=O)OC(C)(C)C)C[C@@]2(C(C)(C)O)[C@@H](O)[C@@H]2[C@]3(OC(C)=O)CO[C@@H]3C[C@H](OC)[C@]21C. The van der Waals surface area contributed by atoms with Gasteiger partial charge >= 0.3 is 24.0 Å². The Morgan fingerprint density at radius 3 is 2.20 bits per heavy atom. The van der Waals surface area contributed by atoms with E-state index >= 15 is 0 Å². The lowest BCUT2D eigenvalue weighted by Gasteiger charge is -2.65. The highest BCUT2D eigenvalue weighted by Gasteiger charge is 2.79. The van der Waals surface area contributed by atoms with Gasteiger partial charge in [0.2, 0.25) is 0 Å². The number of amides is 1. The minimum absolute atomic E-state index is 0.0217. The molecular weight excluding hydrogens is 718 g/mol. The summed E-state index contributed by atoms with van der Waals surface area (Å²) in [5.41, 5.74) is -6.51. The van der Waals surface area contributed by atoms with Crippen molar-refractivity contribution in [3.8, 4) is 0 Å². The van der Waals surface area contributed by atoms with Crippen molar-refractivity contribution in [2.45, 2.75) is 161 Å². The molecule has 0 radical (unpaired) electrons. The number of aliphatic hydroxyl groups excluding tert-OH is 2. The van der Waals surface area contributed by atoms with Gasteiger partial charge in [-0.2, -0.15) is 0 Å². The predicted octanol–water partition coefficient (Wildman–Crippen LogP) is 3.30. The van der Waals surface area contributed by atoms with E-state index < -0.39 is 106 Å². The number of carbonyl (C=O) groups excluding carboxylic acids is 4. The first-order valence-electron chi connectivity index (χ1n) is 19.1. The number of ether oxygens (including phenoxy) is 7. The fourth-order valence-corrected chi connectivity index (χ4v) is 9.86. The molecular formula is C40H63NO14. The molecule has 4 rings (SSSR count). The molecule has 1 amide bonds. The third-order valence-corrected chi connectivity index (χ3v) is 12.0. The molecule has 0 aromatic rings. The molecule has 0 bridgehead atoms. The first kappa shape index (κ1) is 44.6. The second-order valence-electron chi connectivity index (χ2n) is 17.8. The van der Waals surface area contributed by atoms with Gasteiger partial charge in [0.1, 0.15) is 23.9 Å². The van der Waals surface area contributed by atoms with E-state index in [2.05, 4.69) is 11.9 Å². The van der Waals surface area contributed by atoms with Gasteiger partial charge in [-0.25, -0.2) is 9.59 Å². The van der Waals surface area contributed by atoms with E-state index in [0.29, 0.717) is 5.57 Å². The summed E-state index contributed by atoms with van der Waals surface area (Å²) in [7, 11) is 1.51. The standard InChI is InChI=1S/C40H63NO14/c1-14-15-50-33-30(52-22(5)42)28-21(4)25(53-34(46)29(44)24(16-20(2)3)41-35(47)55-36(7,8)9)18-39(28,37(10,11)48)32(45)31-38(33,12)26(49-13)17-27-40(31,19-51-27)54-23(6)43/h14,20,24-27,29-33,44-45,48H,1,15-19H2,2-13H3,(H,41,47)/t24?,25-,26-,27+,29+,30-,31-,32-,33-,38+,39-,40-/m0/s1. The van der Waals surface area contributed by atoms with Crippen LogP contribution in [0.2, 0.25) is 0 Å². The highest BCUT2D eigenvalue weighted by Crippen LogP contribution is 2.68. The number of esters is 3. The number of alkyl carbamates (subject to hydrolysis) is 1. The topological polar surface area (TPSA) is 206 Å². The van der Waals surface area contributed by atoms with Crippen LogP contribution in [0.4, 0.5) is 4.79 Å². The van der Waals surface area contributed by atoms with Crippen molar-refractivity contribution >= 4 is 24.0 Å². The van der Waals surface area contributed by atoms with Gasteiger partial charge in [-0.05, 0) is 65.0 Å². The Morgan fingerprint density at radius 2 is 1.73 bits per heavy atom. The molecule has 4 aliphatic rings. The van der Waals surface area contributed by atoms with E-state index in [-0.39, 0.29) is 44.0 Å². The van der Waals surface area contributed by atoms with E-state index in [9.17, 15) is 34.5 Å². The van der Waals surface area contributed by atoms with Crippen molar-refractivity contribution < 1.29 is 67.7 Å². The average molecular weight is 782 g/mol. The van der Waals surface area contributed by atoms with Crippen LogP contribution in [0.25, 0.3) is 0 Å². The Kier molecular flexibility index (Phi) is 13.0. The van der Waals surface area contributed by atoms with E-state index in [1.165, 1.54) is 40.9 Å². The third kappa shape index (κ3) is 8.07. The highest BCUT2D eigenvalue weighted by atomic mass is 16.6. The van der Waals surface area contributed by atoms with Crippen molar-refractivity contribution in [3.63, 3.8) is 0 Å². The third-order valence-electron chi connectivity index (χ3n) is 12.0. The molecule has 0 aromatic carbocycles. The van der Waals surface area contributed by atoms with Crippen molar-refractivity contribution in [2.75, 3.05) is 20.3 Å². The minimum Gasteiger partial charge on any atom is -0.456 e. The molecule has 312 valence electrons. The van der Waals surface area contributed by atoms with E-state index in [0.717, 1.165) is 0 Å².